The molecule has 134 valence electrons. The van der Waals surface area contributed by atoms with Crippen molar-refractivity contribution in [2.24, 2.45) is 4.99 Å². The summed E-state index contributed by atoms with van der Waals surface area (Å²) in [6.07, 6.45) is 3.90. The molecule has 0 aliphatic rings. The largest absolute Gasteiger partial charge is 0.481 e. The van der Waals surface area contributed by atoms with Crippen LogP contribution in [-0.4, -0.2) is 30.6 Å². The molecule has 2 aromatic rings. The van der Waals surface area contributed by atoms with Gasteiger partial charge < -0.3 is 15.4 Å². The van der Waals surface area contributed by atoms with Crippen LogP contribution in [0.25, 0.3) is 0 Å². The molecule has 0 bridgehead atoms. The Kier molecular flexibility index (Phi) is 7.76. The number of benzene rings is 1. The third kappa shape index (κ3) is 6.83. The Morgan fingerprint density at radius 3 is 2.60 bits per heavy atom. The summed E-state index contributed by atoms with van der Waals surface area (Å²) < 4.78 is 5.08. The SMILES string of the molecule is CCNC(=NCc1ccc(OC)nc1)NC(C)CCc1ccccc1. The molecule has 0 amide bonds. The van der Waals surface area contributed by atoms with E-state index in [0.29, 0.717) is 18.5 Å². The average Bonchev–Trinajstić information content (AvgIpc) is 2.66. The van der Waals surface area contributed by atoms with Gasteiger partial charge in [-0.1, -0.05) is 36.4 Å². The van der Waals surface area contributed by atoms with Crippen molar-refractivity contribution in [1.82, 2.24) is 15.6 Å². The van der Waals surface area contributed by atoms with Crippen molar-refractivity contribution < 1.29 is 4.74 Å². The van der Waals surface area contributed by atoms with Crippen molar-refractivity contribution >= 4 is 5.96 Å². The monoisotopic (exact) mass is 340 g/mol. The number of aliphatic imine (C=N–C) groups is 1. The van der Waals surface area contributed by atoms with Crippen molar-refractivity contribution in [2.45, 2.75) is 39.3 Å². The zero-order valence-electron chi connectivity index (χ0n) is 15.3. The lowest BCUT2D eigenvalue weighted by Gasteiger charge is -2.18. The maximum atomic E-state index is 5.08. The minimum Gasteiger partial charge on any atom is -0.481 e. The molecule has 0 radical (unpaired) electrons. The Labute approximate surface area is 150 Å². The number of nitrogens with one attached hydrogen (secondary N) is 2. The Bertz CT molecular complexity index is 641. The number of ether oxygens (including phenoxy) is 1. The van der Waals surface area contributed by atoms with Gasteiger partial charge in [-0.15, -0.1) is 0 Å². The van der Waals surface area contributed by atoms with E-state index in [0.717, 1.165) is 30.9 Å². The molecule has 5 nitrogen and oxygen atoms in total. The fraction of sp³-hybridized carbons (Fsp3) is 0.400. The summed E-state index contributed by atoms with van der Waals surface area (Å²) in [6, 6.07) is 14.7. The summed E-state index contributed by atoms with van der Waals surface area (Å²) in [7, 11) is 1.62. The highest BCUT2D eigenvalue weighted by molar-refractivity contribution is 5.80. The number of aromatic nitrogens is 1. The van der Waals surface area contributed by atoms with Gasteiger partial charge >= 0.3 is 0 Å². The van der Waals surface area contributed by atoms with Crippen LogP contribution in [0.2, 0.25) is 0 Å². The molecular weight excluding hydrogens is 312 g/mol. The molecule has 1 aromatic heterocycles. The van der Waals surface area contributed by atoms with E-state index in [9.17, 15) is 0 Å². The Morgan fingerprint density at radius 1 is 1.16 bits per heavy atom. The fourth-order valence-corrected chi connectivity index (χ4v) is 2.45. The number of guanidine groups is 1. The van der Waals surface area contributed by atoms with Gasteiger partial charge in [-0.05, 0) is 37.8 Å². The number of rotatable bonds is 8. The molecule has 0 saturated heterocycles. The maximum absolute atomic E-state index is 5.08. The van der Waals surface area contributed by atoms with Crippen molar-refractivity contribution in [3.8, 4) is 5.88 Å². The van der Waals surface area contributed by atoms with Crippen LogP contribution in [-0.2, 0) is 13.0 Å². The van der Waals surface area contributed by atoms with E-state index < -0.39 is 0 Å². The van der Waals surface area contributed by atoms with Gasteiger partial charge in [-0.25, -0.2) is 9.98 Å². The van der Waals surface area contributed by atoms with E-state index in [2.05, 4.69) is 64.8 Å². The summed E-state index contributed by atoms with van der Waals surface area (Å²) in [5.74, 6) is 1.45. The standard InChI is InChI=1S/C20H28N4O/c1-4-21-20(23-15-18-12-13-19(25-3)22-14-18)24-16(2)10-11-17-8-6-5-7-9-17/h5-9,12-14,16H,4,10-11,15H2,1-3H3,(H2,21,23,24). The van der Waals surface area contributed by atoms with E-state index in [4.69, 9.17) is 4.74 Å². The fourth-order valence-electron chi connectivity index (χ4n) is 2.45. The van der Waals surface area contributed by atoms with Gasteiger partial charge in [0, 0.05) is 24.8 Å². The first-order valence-corrected chi connectivity index (χ1v) is 8.79. The maximum Gasteiger partial charge on any atom is 0.212 e. The van der Waals surface area contributed by atoms with Crippen molar-refractivity contribution in [2.75, 3.05) is 13.7 Å². The van der Waals surface area contributed by atoms with E-state index in [1.165, 1.54) is 5.56 Å². The van der Waals surface area contributed by atoms with Gasteiger partial charge in [0.2, 0.25) is 5.88 Å². The summed E-state index contributed by atoms with van der Waals surface area (Å²) in [5, 5.41) is 6.77. The minimum atomic E-state index is 0.340. The molecule has 2 rings (SSSR count). The smallest absolute Gasteiger partial charge is 0.212 e. The molecule has 0 aliphatic heterocycles. The average molecular weight is 340 g/mol. The van der Waals surface area contributed by atoms with Gasteiger partial charge in [0.05, 0.1) is 13.7 Å². The molecule has 0 aliphatic carbocycles. The molecular formula is C20H28N4O. The van der Waals surface area contributed by atoms with Crippen LogP contribution >= 0.6 is 0 Å². The van der Waals surface area contributed by atoms with Crippen molar-refractivity contribution in [3.63, 3.8) is 0 Å². The number of hydrogen-bond donors (Lipinski definition) is 2. The summed E-state index contributed by atoms with van der Waals surface area (Å²) in [6.45, 7) is 5.67. The van der Waals surface area contributed by atoms with Crippen LogP contribution in [0, 0.1) is 0 Å². The van der Waals surface area contributed by atoms with Crippen molar-refractivity contribution in [1.29, 1.82) is 0 Å². The predicted octanol–water partition coefficient (Wildman–Crippen LogP) is 3.17. The Morgan fingerprint density at radius 2 is 1.96 bits per heavy atom. The highest BCUT2D eigenvalue weighted by Crippen LogP contribution is 2.08. The first-order chi connectivity index (χ1) is 12.2. The topological polar surface area (TPSA) is 58.5 Å². The molecule has 1 aromatic carbocycles. The molecule has 1 atom stereocenters. The first kappa shape index (κ1) is 18.8. The van der Waals surface area contributed by atoms with Gasteiger partial charge in [-0.3, -0.25) is 0 Å². The van der Waals surface area contributed by atoms with Gasteiger partial charge in [-0.2, -0.15) is 0 Å². The molecule has 0 fully saturated rings. The van der Waals surface area contributed by atoms with E-state index >= 15 is 0 Å². The number of methoxy groups -OCH3 is 1. The third-order valence-corrected chi connectivity index (χ3v) is 3.86. The van der Waals surface area contributed by atoms with E-state index in [1.807, 2.05) is 12.1 Å². The molecule has 1 heterocycles. The zero-order chi connectivity index (χ0) is 17.9. The molecule has 2 N–H and O–H groups in total. The number of nitrogens with zero attached hydrogens (tertiary/aromatic N) is 2. The number of hydrogen-bond acceptors (Lipinski definition) is 3. The lowest BCUT2D eigenvalue weighted by molar-refractivity contribution is 0.397. The van der Waals surface area contributed by atoms with Crippen LogP contribution in [0.3, 0.4) is 0 Å². The van der Waals surface area contributed by atoms with Crippen LogP contribution in [0.4, 0.5) is 0 Å². The number of aryl methyl sites for hydroxylation is 1. The lowest BCUT2D eigenvalue weighted by Crippen LogP contribution is -2.42. The normalized spacial score (nSPS) is 12.5. The molecule has 0 spiro atoms. The second-order valence-electron chi connectivity index (χ2n) is 5.97. The Hall–Kier alpha value is -2.56. The highest BCUT2D eigenvalue weighted by Gasteiger charge is 2.06. The van der Waals surface area contributed by atoms with Gasteiger partial charge in [0.15, 0.2) is 5.96 Å². The van der Waals surface area contributed by atoms with Gasteiger partial charge in [0.1, 0.15) is 0 Å². The molecule has 5 heteroatoms. The lowest BCUT2D eigenvalue weighted by atomic mass is 10.1. The summed E-state index contributed by atoms with van der Waals surface area (Å²) in [5.41, 5.74) is 2.41. The predicted molar refractivity (Wildman–Crippen MR) is 103 cm³/mol. The van der Waals surface area contributed by atoms with Gasteiger partial charge in [0.25, 0.3) is 0 Å². The first-order valence-electron chi connectivity index (χ1n) is 8.79. The second-order valence-corrected chi connectivity index (χ2v) is 5.97. The summed E-state index contributed by atoms with van der Waals surface area (Å²) in [4.78, 5) is 8.86. The van der Waals surface area contributed by atoms with Crippen LogP contribution in [0.1, 0.15) is 31.4 Å². The third-order valence-electron chi connectivity index (χ3n) is 3.86. The minimum absolute atomic E-state index is 0.340. The molecule has 0 saturated carbocycles. The quantitative estimate of drug-likeness (QED) is 0.572. The van der Waals surface area contributed by atoms with Crippen LogP contribution in [0.5, 0.6) is 5.88 Å². The van der Waals surface area contributed by atoms with Crippen molar-refractivity contribution in [3.05, 3.63) is 59.8 Å². The molecule has 1 unspecified atom stereocenters. The van der Waals surface area contributed by atoms with Crippen LogP contribution < -0.4 is 15.4 Å². The highest BCUT2D eigenvalue weighted by atomic mass is 16.5. The Balaban J connectivity index is 1.87. The summed E-state index contributed by atoms with van der Waals surface area (Å²) >= 11 is 0. The molecule has 25 heavy (non-hydrogen) atoms. The van der Waals surface area contributed by atoms with Crippen LogP contribution in [0.15, 0.2) is 53.7 Å². The zero-order valence-corrected chi connectivity index (χ0v) is 15.3. The van der Waals surface area contributed by atoms with E-state index in [1.54, 1.807) is 13.3 Å². The second kappa shape index (κ2) is 10.3. The van der Waals surface area contributed by atoms with E-state index in [-0.39, 0.29) is 0 Å². The number of pyridine rings is 1.